The Bertz CT molecular complexity index is 527. The molecule has 2 fully saturated rings. The molecular weight excluding hydrogens is 262 g/mol. The number of nitrogens with one attached hydrogen (secondary N) is 1. The first-order valence-electron chi connectivity index (χ1n) is 6.87. The zero-order valence-corrected chi connectivity index (χ0v) is 11.3. The molecule has 3 rings (SSSR count). The van der Waals surface area contributed by atoms with Gasteiger partial charge in [-0.15, -0.1) is 0 Å². The van der Waals surface area contributed by atoms with Crippen LogP contribution in [0.25, 0.3) is 0 Å². The number of carbonyl (C=O) groups is 2. The Morgan fingerprint density at radius 3 is 3.30 bits per heavy atom. The van der Waals surface area contributed by atoms with Crippen LogP contribution in [0.2, 0.25) is 0 Å². The first-order chi connectivity index (χ1) is 9.70. The Balaban J connectivity index is 1.79. The Morgan fingerprint density at radius 1 is 1.65 bits per heavy atom. The molecule has 2 aliphatic rings. The molecule has 1 amide bonds. The van der Waals surface area contributed by atoms with Crippen LogP contribution in [0.4, 0.5) is 6.01 Å². The molecule has 2 aliphatic heterocycles. The zero-order chi connectivity index (χ0) is 14.1. The molecule has 1 N–H and O–H groups in total. The van der Waals surface area contributed by atoms with Crippen molar-refractivity contribution < 1.29 is 18.7 Å². The van der Waals surface area contributed by atoms with Crippen LogP contribution in [-0.4, -0.2) is 42.6 Å². The highest BCUT2D eigenvalue weighted by molar-refractivity contribution is 5.87. The highest BCUT2D eigenvalue weighted by Crippen LogP contribution is 2.31. The Labute approximate surface area is 116 Å². The maximum atomic E-state index is 11.7. The lowest BCUT2D eigenvalue weighted by molar-refractivity contribution is -0.123. The third kappa shape index (κ3) is 2.13. The predicted molar refractivity (Wildman–Crippen MR) is 69.3 cm³/mol. The lowest BCUT2D eigenvalue weighted by Crippen LogP contribution is -2.45. The van der Waals surface area contributed by atoms with Gasteiger partial charge in [-0.1, -0.05) is 0 Å². The van der Waals surface area contributed by atoms with Gasteiger partial charge in [-0.25, -0.2) is 4.79 Å². The normalized spacial score (nSPS) is 25.2. The standard InChI is InChI=1S/C13H17N3O4/c1-2-19-12(18)9-7-20-13(15-9)16-5-3-4-8-10(16)6-14-11(8)17/h7-8,10H,2-6H2,1H3,(H,14,17). The number of anilines is 1. The monoisotopic (exact) mass is 279 g/mol. The van der Waals surface area contributed by atoms with Gasteiger partial charge in [-0.2, -0.15) is 4.98 Å². The number of amides is 1. The van der Waals surface area contributed by atoms with E-state index in [-0.39, 0.29) is 23.6 Å². The summed E-state index contributed by atoms with van der Waals surface area (Å²) in [5, 5.41) is 2.87. The van der Waals surface area contributed by atoms with Gasteiger partial charge < -0.3 is 19.4 Å². The maximum absolute atomic E-state index is 11.7. The van der Waals surface area contributed by atoms with Crippen molar-refractivity contribution in [2.24, 2.45) is 5.92 Å². The predicted octanol–water partition coefficient (Wildman–Crippen LogP) is 0.566. The summed E-state index contributed by atoms with van der Waals surface area (Å²) < 4.78 is 10.3. The van der Waals surface area contributed by atoms with Gasteiger partial charge in [0.1, 0.15) is 6.26 Å². The van der Waals surface area contributed by atoms with Crippen LogP contribution >= 0.6 is 0 Å². The number of rotatable bonds is 3. The quantitative estimate of drug-likeness (QED) is 0.814. The minimum absolute atomic E-state index is 0.0123. The molecule has 0 aromatic carbocycles. The summed E-state index contributed by atoms with van der Waals surface area (Å²) >= 11 is 0. The molecule has 2 saturated heterocycles. The van der Waals surface area contributed by atoms with Gasteiger partial charge in [0, 0.05) is 13.1 Å². The highest BCUT2D eigenvalue weighted by atomic mass is 16.5. The molecule has 3 heterocycles. The fraction of sp³-hybridized carbons (Fsp3) is 0.615. The van der Waals surface area contributed by atoms with Gasteiger partial charge in [0.2, 0.25) is 5.91 Å². The van der Waals surface area contributed by atoms with E-state index in [2.05, 4.69) is 10.3 Å². The molecule has 0 aliphatic carbocycles. The number of piperidine rings is 1. The van der Waals surface area contributed by atoms with E-state index in [0.29, 0.717) is 19.2 Å². The molecule has 108 valence electrons. The maximum Gasteiger partial charge on any atom is 0.360 e. The second-order valence-corrected chi connectivity index (χ2v) is 4.99. The highest BCUT2D eigenvalue weighted by Gasteiger charge is 2.42. The number of nitrogens with zero attached hydrogens (tertiary/aromatic N) is 2. The number of oxazole rings is 1. The SMILES string of the molecule is CCOC(=O)c1coc(N2CCCC3C(=O)NCC32)n1. The second kappa shape index (κ2) is 5.15. The average Bonchev–Trinajstić information content (AvgIpc) is 3.07. The lowest BCUT2D eigenvalue weighted by Gasteiger charge is -2.34. The van der Waals surface area contributed by atoms with Crippen molar-refractivity contribution >= 4 is 17.9 Å². The minimum atomic E-state index is -0.489. The van der Waals surface area contributed by atoms with Crippen LogP contribution in [0, 0.1) is 5.92 Å². The Morgan fingerprint density at radius 2 is 2.50 bits per heavy atom. The molecular formula is C13H17N3O4. The number of esters is 1. The third-order valence-corrected chi connectivity index (χ3v) is 3.82. The van der Waals surface area contributed by atoms with E-state index in [1.54, 1.807) is 6.92 Å². The second-order valence-electron chi connectivity index (χ2n) is 4.99. The molecule has 20 heavy (non-hydrogen) atoms. The fourth-order valence-electron chi connectivity index (χ4n) is 2.88. The number of carbonyl (C=O) groups excluding carboxylic acids is 2. The lowest BCUT2D eigenvalue weighted by atomic mass is 9.92. The number of hydrogen-bond acceptors (Lipinski definition) is 6. The molecule has 7 nitrogen and oxygen atoms in total. The van der Waals surface area contributed by atoms with E-state index < -0.39 is 5.97 Å². The number of ether oxygens (including phenoxy) is 1. The molecule has 1 aromatic rings. The summed E-state index contributed by atoms with van der Waals surface area (Å²) in [5.74, 6) is -0.407. The van der Waals surface area contributed by atoms with Gasteiger partial charge in [0.15, 0.2) is 5.69 Å². The molecule has 0 saturated carbocycles. The van der Waals surface area contributed by atoms with Crippen LogP contribution in [-0.2, 0) is 9.53 Å². The fourth-order valence-corrected chi connectivity index (χ4v) is 2.88. The smallest absolute Gasteiger partial charge is 0.360 e. The Hall–Kier alpha value is -2.05. The molecule has 2 atom stereocenters. The molecule has 1 aromatic heterocycles. The minimum Gasteiger partial charge on any atom is -0.461 e. The van der Waals surface area contributed by atoms with Gasteiger partial charge in [-0.3, -0.25) is 4.79 Å². The van der Waals surface area contributed by atoms with E-state index in [9.17, 15) is 9.59 Å². The van der Waals surface area contributed by atoms with E-state index in [1.807, 2.05) is 4.90 Å². The summed E-state index contributed by atoms with van der Waals surface area (Å²) in [7, 11) is 0. The first-order valence-corrected chi connectivity index (χ1v) is 6.87. The molecule has 0 radical (unpaired) electrons. The van der Waals surface area contributed by atoms with Crippen molar-refractivity contribution in [3.8, 4) is 0 Å². The van der Waals surface area contributed by atoms with Crippen molar-refractivity contribution in [3.05, 3.63) is 12.0 Å². The summed E-state index contributed by atoms with van der Waals surface area (Å²) in [5.41, 5.74) is 0.168. The van der Waals surface area contributed by atoms with Crippen LogP contribution in [0.1, 0.15) is 30.3 Å². The van der Waals surface area contributed by atoms with E-state index >= 15 is 0 Å². The Kier molecular flexibility index (Phi) is 3.33. The van der Waals surface area contributed by atoms with Crippen LogP contribution in [0.15, 0.2) is 10.7 Å². The van der Waals surface area contributed by atoms with Gasteiger partial charge in [0.25, 0.3) is 6.01 Å². The summed E-state index contributed by atoms with van der Waals surface area (Å²) in [6.45, 7) is 3.41. The van der Waals surface area contributed by atoms with Gasteiger partial charge >= 0.3 is 5.97 Å². The van der Waals surface area contributed by atoms with Crippen molar-refractivity contribution in [1.29, 1.82) is 0 Å². The largest absolute Gasteiger partial charge is 0.461 e. The number of hydrogen-bond donors (Lipinski definition) is 1. The van der Waals surface area contributed by atoms with Crippen LogP contribution in [0.3, 0.4) is 0 Å². The van der Waals surface area contributed by atoms with Crippen molar-refractivity contribution in [2.45, 2.75) is 25.8 Å². The topological polar surface area (TPSA) is 84.7 Å². The first kappa shape index (κ1) is 13.0. The zero-order valence-electron chi connectivity index (χ0n) is 11.3. The van der Waals surface area contributed by atoms with Crippen molar-refractivity contribution in [3.63, 3.8) is 0 Å². The number of aromatic nitrogens is 1. The van der Waals surface area contributed by atoms with E-state index in [4.69, 9.17) is 9.15 Å². The third-order valence-electron chi connectivity index (χ3n) is 3.82. The summed E-state index contributed by atoms with van der Waals surface area (Å²) in [6.07, 6.45) is 3.10. The molecule has 0 spiro atoms. The van der Waals surface area contributed by atoms with Crippen LogP contribution < -0.4 is 10.2 Å². The van der Waals surface area contributed by atoms with E-state index in [1.165, 1.54) is 6.26 Å². The van der Waals surface area contributed by atoms with Crippen molar-refractivity contribution in [1.82, 2.24) is 10.3 Å². The molecule has 7 heteroatoms. The van der Waals surface area contributed by atoms with Gasteiger partial charge in [-0.05, 0) is 19.8 Å². The van der Waals surface area contributed by atoms with Crippen molar-refractivity contribution in [2.75, 3.05) is 24.6 Å². The number of fused-ring (bicyclic) bond motifs is 1. The van der Waals surface area contributed by atoms with Crippen LogP contribution in [0.5, 0.6) is 0 Å². The van der Waals surface area contributed by atoms with E-state index in [0.717, 1.165) is 19.4 Å². The summed E-state index contributed by atoms with van der Waals surface area (Å²) in [6, 6.07) is 0.448. The molecule has 0 bridgehead atoms. The molecule has 2 unspecified atom stereocenters. The summed E-state index contributed by atoms with van der Waals surface area (Å²) in [4.78, 5) is 29.5. The average molecular weight is 279 g/mol. The van der Waals surface area contributed by atoms with Gasteiger partial charge in [0.05, 0.1) is 18.6 Å².